The van der Waals surface area contributed by atoms with Crippen molar-refractivity contribution in [2.45, 2.75) is 20.3 Å². The molecule has 0 saturated carbocycles. The first-order valence-electron chi connectivity index (χ1n) is 6.66. The molecule has 98 valence electrons. The van der Waals surface area contributed by atoms with Gasteiger partial charge in [-0.3, -0.25) is 4.79 Å². The Labute approximate surface area is 114 Å². The van der Waals surface area contributed by atoms with E-state index in [1.165, 1.54) is 5.56 Å². The number of carbonyl (C=O) groups is 1. The largest absolute Gasteiger partial charge is 0.308 e. The molecule has 0 heterocycles. The van der Waals surface area contributed by atoms with E-state index in [0.717, 1.165) is 24.2 Å². The fourth-order valence-electron chi connectivity index (χ4n) is 2.10. The average molecular weight is 253 g/mol. The van der Waals surface area contributed by atoms with Crippen molar-refractivity contribution in [1.82, 2.24) is 0 Å². The Morgan fingerprint density at radius 2 is 1.79 bits per heavy atom. The van der Waals surface area contributed by atoms with Gasteiger partial charge in [0.05, 0.1) is 0 Å². The molecule has 0 aliphatic rings. The summed E-state index contributed by atoms with van der Waals surface area (Å²) in [6.07, 6.45) is 0.937. The van der Waals surface area contributed by atoms with Crippen LogP contribution in [0.1, 0.15) is 29.3 Å². The number of rotatable bonds is 4. The summed E-state index contributed by atoms with van der Waals surface area (Å²) in [7, 11) is 0. The van der Waals surface area contributed by atoms with Crippen LogP contribution in [0.25, 0.3) is 0 Å². The number of aryl methyl sites for hydroxylation is 1. The molecule has 0 saturated heterocycles. The van der Waals surface area contributed by atoms with Crippen molar-refractivity contribution in [1.29, 1.82) is 0 Å². The van der Waals surface area contributed by atoms with Gasteiger partial charge >= 0.3 is 0 Å². The van der Waals surface area contributed by atoms with E-state index in [-0.39, 0.29) is 5.91 Å². The highest BCUT2D eigenvalue weighted by molar-refractivity contribution is 6.06. The smallest absolute Gasteiger partial charge is 0.258 e. The van der Waals surface area contributed by atoms with Crippen molar-refractivity contribution in [3.63, 3.8) is 0 Å². The SMILES string of the molecule is CCCN(C(=O)c1ccccc1)c1cccc(C)c1. The van der Waals surface area contributed by atoms with Gasteiger partial charge in [0, 0.05) is 17.8 Å². The summed E-state index contributed by atoms with van der Waals surface area (Å²) in [6.45, 7) is 4.86. The summed E-state index contributed by atoms with van der Waals surface area (Å²) in [5.41, 5.74) is 2.87. The van der Waals surface area contributed by atoms with E-state index in [2.05, 4.69) is 13.0 Å². The van der Waals surface area contributed by atoms with Crippen molar-refractivity contribution in [2.75, 3.05) is 11.4 Å². The van der Waals surface area contributed by atoms with Gasteiger partial charge in [-0.05, 0) is 43.2 Å². The predicted molar refractivity (Wildman–Crippen MR) is 79.6 cm³/mol. The number of nitrogens with zero attached hydrogens (tertiary/aromatic N) is 1. The lowest BCUT2D eigenvalue weighted by molar-refractivity contribution is 0.0987. The van der Waals surface area contributed by atoms with Crippen LogP contribution in [0.3, 0.4) is 0 Å². The average Bonchev–Trinajstić information content (AvgIpc) is 2.45. The third kappa shape index (κ3) is 3.22. The molecule has 0 radical (unpaired) electrons. The highest BCUT2D eigenvalue weighted by atomic mass is 16.2. The first kappa shape index (κ1) is 13.3. The zero-order valence-corrected chi connectivity index (χ0v) is 11.5. The summed E-state index contributed by atoms with van der Waals surface area (Å²) in [5.74, 6) is 0.0630. The zero-order valence-electron chi connectivity index (χ0n) is 11.5. The Morgan fingerprint density at radius 3 is 2.42 bits per heavy atom. The normalized spacial score (nSPS) is 10.2. The van der Waals surface area contributed by atoms with Gasteiger partial charge in [-0.1, -0.05) is 37.3 Å². The van der Waals surface area contributed by atoms with Gasteiger partial charge in [-0.25, -0.2) is 0 Å². The molecule has 2 heteroatoms. The molecule has 0 unspecified atom stereocenters. The topological polar surface area (TPSA) is 20.3 Å². The van der Waals surface area contributed by atoms with E-state index in [1.54, 1.807) is 0 Å². The van der Waals surface area contributed by atoms with Crippen LogP contribution < -0.4 is 4.90 Å². The third-order valence-electron chi connectivity index (χ3n) is 3.03. The molecule has 0 fully saturated rings. The van der Waals surface area contributed by atoms with Crippen molar-refractivity contribution in [3.05, 3.63) is 65.7 Å². The molecule has 0 N–H and O–H groups in total. The lowest BCUT2D eigenvalue weighted by atomic mass is 10.1. The minimum atomic E-state index is 0.0630. The molecular weight excluding hydrogens is 234 g/mol. The van der Waals surface area contributed by atoms with Crippen LogP contribution >= 0.6 is 0 Å². The van der Waals surface area contributed by atoms with Gasteiger partial charge < -0.3 is 4.90 Å². The van der Waals surface area contributed by atoms with E-state index in [0.29, 0.717) is 0 Å². The van der Waals surface area contributed by atoms with Crippen molar-refractivity contribution >= 4 is 11.6 Å². The number of hydrogen-bond donors (Lipinski definition) is 0. The van der Waals surface area contributed by atoms with Crippen LogP contribution in [-0.4, -0.2) is 12.5 Å². The second kappa shape index (κ2) is 6.19. The van der Waals surface area contributed by atoms with Crippen molar-refractivity contribution < 1.29 is 4.79 Å². The number of carbonyl (C=O) groups excluding carboxylic acids is 1. The van der Waals surface area contributed by atoms with Gasteiger partial charge in [-0.15, -0.1) is 0 Å². The Bertz CT molecular complexity index is 548. The third-order valence-corrected chi connectivity index (χ3v) is 3.03. The zero-order chi connectivity index (χ0) is 13.7. The first-order chi connectivity index (χ1) is 9.22. The van der Waals surface area contributed by atoms with Gasteiger partial charge in [-0.2, -0.15) is 0 Å². The molecule has 19 heavy (non-hydrogen) atoms. The summed E-state index contributed by atoms with van der Waals surface area (Å²) >= 11 is 0. The van der Waals surface area contributed by atoms with E-state index in [9.17, 15) is 4.79 Å². The molecule has 2 nitrogen and oxygen atoms in total. The molecular formula is C17H19NO. The highest BCUT2D eigenvalue weighted by Gasteiger charge is 2.16. The maximum absolute atomic E-state index is 12.6. The van der Waals surface area contributed by atoms with Gasteiger partial charge in [0.15, 0.2) is 0 Å². The molecule has 1 amide bonds. The Balaban J connectivity index is 2.33. The van der Waals surface area contributed by atoms with Gasteiger partial charge in [0.2, 0.25) is 0 Å². The Hall–Kier alpha value is -2.09. The fourth-order valence-corrected chi connectivity index (χ4v) is 2.10. The summed E-state index contributed by atoms with van der Waals surface area (Å²) in [5, 5.41) is 0. The maximum Gasteiger partial charge on any atom is 0.258 e. The van der Waals surface area contributed by atoms with Gasteiger partial charge in [0.1, 0.15) is 0 Å². The van der Waals surface area contributed by atoms with E-state index >= 15 is 0 Å². The summed E-state index contributed by atoms with van der Waals surface area (Å²) in [4.78, 5) is 14.4. The minimum Gasteiger partial charge on any atom is -0.308 e. The monoisotopic (exact) mass is 253 g/mol. The molecule has 0 spiro atoms. The standard InChI is InChI=1S/C17H19NO/c1-3-12-18(16-11-7-8-14(2)13-16)17(19)15-9-5-4-6-10-15/h4-11,13H,3,12H2,1-2H3. The van der Waals surface area contributed by atoms with Crippen LogP contribution in [-0.2, 0) is 0 Å². The second-order valence-electron chi connectivity index (χ2n) is 4.66. The predicted octanol–water partition coefficient (Wildman–Crippen LogP) is 4.05. The van der Waals surface area contributed by atoms with Crippen LogP contribution in [0.4, 0.5) is 5.69 Å². The molecule has 2 rings (SSSR count). The maximum atomic E-state index is 12.6. The molecule has 0 atom stereocenters. The lowest BCUT2D eigenvalue weighted by Crippen LogP contribution is -2.31. The summed E-state index contributed by atoms with van der Waals surface area (Å²) in [6, 6.07) is 17.5. The highest BCUT2D eigenvalue weighted by Crippen LogP contribution is 2.19. The van der Waals surface area contributed by atoms with Crippen LogP contribution in [0, 0.1) is 6.92 Å². The minimum absolute atomic E-state index is 0.0630. The number of benzene rings is 2. The van der Waals surface area contributed by atoms with E-state index < -0.39 is 0 Å². The Kier molecular flexibility index (Phi) is 4.35. The Morgan fingerprint density at radius 1 is 1.05 bits per heavy atom. The number of amides is 1. The molecule has 0 bridgehead atoms. The summed E-state index contributed by atoms with van der Waals surface area (Å²) < 4.78 is 0. The van der Waals surface area contributed by atoms with Crippen molar-refractivity contribution in [3.8, 4) is 0 Å². The van der Waals surface area contributed by atoms with Crippen LogP contribution in [0.2, 0.25) is 0 Å². The van der Waals surface area contributed by atoms with E-state index in [4.69, 9.17) is 0 Å². The lowest BCUT2D eigenvalue weighted by Gasteiger charge is -2.22. The van der Waals surface area contributed by atoms with Crippen LogP contribution in [0.5, 0.6) is 0 Å². The second-order valence-corrected chi connectivity index (χ2v) is 4.66. The molecule has 0 aliphatic heterocycles. The molecule has 2 aromatic carbocycles. The fraction of sp³-hybridized carbons (Fsp3) is 0.235. The number of hydrogen-bond acceptors (Lipinski definition) is 1. The first-order valence-corrected chi connectivity index (χ1v) is 6.66. The van der Waals surface area contributed by atoms with Crippen molar-refractivity contribution in [2.24, 2.45) is 0 Å². The molecule has 2 aromatic rings. The number of anilines is 1. The molecule has 0 aromatic heterocycles. The quantitative estimate of drug-likeness (QED) is 0.805. The van der Waals surface area contributed by atoms with Gasteiger partial charge in [0.25, 0.3) is 5.91 Å². The molecule has 0 aliphatic carbocycles. The van der Waals surface area contributed by atoms with Crippen LogP contribution in [0.15, 0.2) is 54.6 Å². The van der Waals surface area contributed by atoms with E-state index in [1.807, 2.05) is 60.4 Å².